The van der Waals surface area contributed by atoms with Crippen molar-refractivity contribution in [1.82, 2.24) is 14.5 Å². The van der Waals surface area contributed by atoms with Crippen molar-refractivity contribution >= 4 is 27.8 Å². The minimum atomic E-state index is -3.65. The largest absolute Gasteiger partial charge is 0.466 e. The molecule has 1 heterocycles. The first-order valence-corrected chi connectivity index (χ1v) is 11.9. The number of benzene rings is 1. The van der Waals surface area contributed by atoms with Crippen molar-refractivity contribution in [3.8, 4) is 0 Å². The molecule has 1 aromatic carbocycles. The molecule has 0 aromatic heterocycles. The number of sulfonamides is 1. The number of likely N-dealkylation sites (tertiary alicyclic amines) is 1. The topological polar surface area (TPSA) is 113 Å². The van der Waals surface area contributed by atoms with Crippen LogP contribution in [0.1, 0.15) is 44.0 Å². The van der Waals surface area contributed by atoms with Gasteiger partial charge >= 0.3 is 5.97 Å². The third kappa shape index (κ3) is 6.76. The quantitative estimate of drug-likeness (QED) is 0.593. The second-order valence-corrected chi connectivity index (χ2v) is 9.61. The van der Waals surface area contributed by atoms with E-state index in [1.807, 2.05) is 0 Å². The number of esters is 1. The van der Waals surface area contributed by atoms with Gasteiger partial charge in [0.2, 0.25) is 15.9 Å². The number of likely N-dealkylation sites (N-methyl/N-ethyl adjacent to an activating group) is 1. The summed E-state index contributed by atoms with van der Waals surface area (Å²) in [6.07, 6.45) is 1.38. The summed E-state index contributed by atoms with van der Waals surface area (Å²) in [6.45, 7) is 6.17. The smallest absolute Gasteiger partial charge is 0.310 e. The first-order valence-electron chi connectivity index (χ1n) is 10.4. The molecule has 9 nitrogen and oxygen atoms in total. The third-order valence-corrected chi connectivity index (χ3v) is 6.59. The monoisotopic (exact) mass is 453 g/mol. The molecule has 172 valence electrons. The molecule has 1 aliphatic heterocycles. The molecule has 1 aromatic rings. The van der Waals surface area contributed by atoms with Gasteiger partial charge in [-0.05, 0) is 57.9 Å². The molecule has 0 saturated carbocycles. The maximum Gasteiger partial charge on any atom is 0.310 e. The van der Waals surface area contributed by atoms with Crippen molar-refractivity contribution in [1.29, 1.82) is 0 Å². The molecule has 1 atom stereocenters. The van der Waals surface area contributed by atoms with E-state index in [9.17, 15) is 22.8 Å². The predicted octanol–water partition coefficient (Wildman–Crippen LogP) is 1.25. The Hall–Kier alpha value is -2.46. The van der Waals surface area contributed by atoms with E-state index in [0.717, 1.165) is 0 Å². The van der Waals surface area contributed by atoms with Crippen molar-refractivity contribution in [3.63, 3.8) is 0 Å². The summed E-state index contributed by atoms with van der Waals surface area (Å²) in [4.78, 5) is 40.2. The SMILES string of the molecule is CCOC(=O)C1CCCN(C(=O)CN(C)C(=O)c2ccc(S(=O)(=O)NC(C)C)cc2)C1. The van der Waals surface area contributed by atoms with E-state index in [1.165, 1.54) is 36.2 Å². The van der Waals surface area contributed by atoms with Gasteiger partial charge in [-0.3, -0.25) is 14.4 Å². The van der Waals surface area contributed by atoms with Crippen LogP contribution in [0.4, 0.5) is 0 Å². The highest BCUT2D eigenvalue weighted by Gasteiger charge is 2.30. The normalized spacial score (nSPS) is 16.8. The molecule has 0 aliphatic carbocycles. The first-order chi connectivity index (χ1) is 14.5. The molecule has 1 aliphatic rings. The highest BCUT2D eigenvalue weighted by Crippen LogP contribution is 2.18. The third-order valence-electron chi connectivity index (χ3n) is 4.92. The molecule has 0 spiro atoms. The molecule has 2 amide bonds. The fraction of sp³-hybridized carbons (Fsp3) is 0.571. The van der Waals surface area contributed by atoms with Gasteiger partial charge in [0.1, 0.15) is 0 Å². The van der Waals surface area contributed by atoms with Crippen LogP contribution in [0.3, 0.4) is 0 Å². The van der Waals surface area contributed by atoms with Gasteiger partial charge in [0.25, 0.3) is 5.91 Å². The van der Waals surface area contributed by atoms with Crippen LogP contribution in [-0.2, 0) is 24.3 Å². The molecule has 0 bridgehead atoms. The van der Waals surface area contributed by atoms with E-state index < -0.39 is 15.9 Å². The Balaban J connectivity index is 1.98. The summed E-state index contributed by atoms with van der Waals surface area (Å²) in [5, 5.41) is 0. The zero-order chi connectivity index (χ0) is 23.2. The lowest BCUT2D eigenvalue weighted by Gasteiger charge is -2.32. The highest BCUT2D eigenvalue weighted by molar-refractivity contribution is 7.89. The number of nitrogens with zero attached hydrogens (tertiary/aromatic N) is 2. The van der Waals surface area contributed by atoms with E-state index in [2.05, 4.69) is 4.72 Å². The number of carbonyl (C=O) groups excluding carboxylic acids is 3. The Bertz CT molecular complexity index is 898. The van der Waals surface area contributed by atoms with Gasteiger partial charge in [0, 0.05) is 31.7 Å². The van der Waals surface area contributed by atoms with Crippen molar-refractivity contribution in [2.24, 2.45) is 5.92 Å². The molecule has 10 heteroatoms. The molecule has 31 heavy (non-hydrogen) atoms. The number of rotatable bonds is 8. The fourth-order valence-electron chi connectivity index (χ4n) is 3.41. The van der Waals surface area contributed by atoms with E-state index >= 15 is 0 Å². The van der Waals surface area contributed by atoms with Gasteiger partial charge in [0.05, 0.1) is 24.0 Å². The lowest BCUT2D eigenvalue weighted by molar-refractivity contribution is -0.151. The van der Waals surface area contributed by atoms with E-state index in [1.54, 1.807) is 25.7 Å². The van der Waals surface area contributed by atoms with E-state index in [-0.39, 0.29) is 47.4 Å². The average molecular weight is 454 g/mol. The Kier molecular flexibility index (Phi) is 8.58. The molecule has 1 N–H and O–H groups in total. The van der Waals surface area contributed by atoms with Gasteiger partial charge < -0.3 is 14.5 Å². The molecular formula is C21H31N3O6S. The molecule has 2 rings (SSSR count). The van der Waals surface area contributed by atoms with Crippen LogP contribution in [0.25, 0.3) is 0 Å². The lowest BCUT2D eigenvalue weighted by Crippen LogP contribution is -2.47. The number of amides is 2. The molecule has 1 saturated heterocycles. The standard InChI is InChI=1S/C21H31N3O6S/c1-5-30-21(27)17-7-6-12-24(13-17)19(25)14-23(4)20(26)16-8-10-18(11-9-16)31(28,29)22-15(2)3/h8-11,15,17,22H,5-7,12-14H2,1-4H3. The number of hydrogen-bond donors (Lipinski definition) is 1. The van der Waals surface area contributed by atoms with Gasteiger partial charge in [-0.25, -0.2) is 13.1 Å². The van der Waals surface area contributed by atoms with E-state index in [4.69, 9.17) is 4.74 Å². The summed E-state index contributed by atoms with van der Waals surface area (Å²) in [5.41, 5.74) is 0.279. The van der Waals surface area contributed by atoms with Crippen LogP contribution >= 0.6 is 0 Å². The molecular weight excluding hydrogens is 422 g/mol. The van der Waals surface area contributed by atoms with Crippen molar-refractivity contribution < 1.29 is 27.5 Å². The van der Waals surface area contributed by atoms with E-state index in [0.29, 0.717) is 26.0 Å². The van der Waals surface area contributed by atoms with Crippen molar-refractivity contribution in [2.75, 3.05) is 33.3 Å². The number of piperidine rings is 1. The number of hydrogen-bond acceptors (Lipinski definition) is 6. The molecule has 1 unspecified atom stereocenters. The van der Waals surface area contributed by atoms with Crippen LogP contribution in [-0.4, -0.2) is 75.3 Å². The number of ether oxygens (including phenoxy) is 1. The maximum absolute atomic E-state index is 12.7. The van der Waals surface area contributed by atoms with Gasteiger partial charge in [-0.15, -0.1) is 0 Å². The van der Waals surface area contributed by atoms with Crippen LogP contribution in [0.15, 0.2) is 29.2 Å². The van der Waals surface area contributed by atoms with Crippen molar-refractivity contribution in [2.45, 2.75) is 44.6 Å². The van der Waals surface area contributed by atoms with Crippen LogP contribution in [0.5, 0.6) is 0 Å². The Morgan fingerprint density at radius 1 is 1.23 bits per heavy atom. The average Bonchev–Trinajstić information content (AvgIpc) is 2.72. The van der Waals surface area contributed by atoms with Crippen molar-refractivity contribution in [3.05, 3.63) is 29.8 Å². The molecule has 1 fully saturated rings. The van der Waals surface area contributed by atoms with Gasteiger partial charge in [-0.2, -0.15) is 0 Å². The second kappa shape index (κ2) is 10.7. The highest BCUT2D eigenvalue weighted by atomic mass is 32.2. The first kappa shape index (κ1) is 24.8. The van der Waals surface area contributed by atoms with Crippen LogP contribution < -0.4 is 4.72 Å². The zero-order valence-electron chi connectivity index (χ0n) is 18.5. The minimum Gasteiger partial charge on any atom is -0.466 e. The van der Waals surface area contributed by atoms with Crippen LogP contribution in [0, 0.1) is 5.92 Å². The Labute approximate surface area is 183 Å². The van der Waals surface area contributed by atoms with Gasteiger partial charge in [0.15, 0.2) is 0 Å². The zero-order valence-corrected chi connectivity index (χ0v) is 19.3. The number of nitrogens with one attached hydrogen (secondary N) is 1. The minimum absolute atomic E-state index is 0.0646. The second-order valence-electron chi connectivity index (χ2n) is 7.89. The Morgan fingerprint density at radius 2 is 1.87 bits per heavy atom. The summed E-state index contributed by atoms with van der Waals surface area (Å²) in [7, 11) is -2.13. The summed E-state index contributed by atoms with van der Waals surface area (Å²) in [5.74, 6) is -1.28. The predicted molar refractivity (Wildman–Crippen MR) is 115 cm³/mol. The Morgan fingerprint density at radius 3 is 2.45 bits per heavy atom. The van der Waals surface area contributed by atoms with Gasteiger partial charge in [-0.1, -0.05) is 0 Å². The summed E-state index contributed by atoms with van der Waals surface area (Å²) >= 11 is 0. The fourth-order valence-corrected chi connectivity index (χ4v) is 4.66. The van der Waals surface area contributed by atoms with Crippen LogP contribution in [0.2, 0.25) is 0 Å². The number of carbonyl (C=O) groups is 3. The lowest BCUT2D eigenvalue weighted by atomic mass is 9.98. The summed E-state index contributed by atoms with van der Waals surface area (Å²) in [6, 6.07) is 5.33. The summed E-state index contributed by atoms with van der Waals surface area (Å²) < 4.78 is 31.9. The maximum atomic E-state index is 12.7. The molecule has 0 radical (unpaired) electrons.